The fourth-order valence-corrected chi connectivity index (χ4v) is 6.22. The van der Waals surface area contributed by atoms with E-state index >= 15 is 0 Å². The van der Waals surface area contributed by atoms with E-state index in [0.29, 0.717) is 5.92 Å². The normalized spacial score (nSPS) is 18.6. The summed E-state index contributed by atoms with van der Waals surface area (Å²) in [6, 6.07) is 15.1. The van der Waals surface area contributed by atoms with Crippen molar-refractivity contribution in [3.8, 4) is 11.1 Å². The van der Waals surface area contributed by atoms with Gasteiger partial charge in [0.2, 0.25) is 5.91 Å². The van der Waals surface area contributed by atoms with Gasteiger partial charge in [0.05, 0.1) is 0 Å². The maximum Gasteiger partial charge on any atom is 0.407 e. The molecular formula is C27H32N2O5S. The molecule has 2 aromatic carbocycles. The molecule has 4 rings (SSSR count). The summed E-state index contributed by atoms with van der Waals surface area (Å²) in [4.78, 5) is 36.8. The molecule has 7 nitrogen and oxygen atoms in total. The number of rotatable bonds is 9. The lowest BCUT2D eigenvalue weighted by molar-refractivity contribution is -0.137. The molecule has 1 fully saturated rings. The first kappa shape index (κ1) is 25.1. The molecule has 35 heavy (non-hydrogen) atoms. The molecule has 1 aliphatic heterocycles. The van der Waals surface area contributed by atoms with E-state index in [1.807, 2.05) is 55.1 Å². The summed E-state index contributed by atoms with van der Waals surface area (Å²) in [6.45, 7) is 2.10. The summed E-state index contributed by atoms with van der Waals surface area (Å²) in [6.07, 6.45) is 1.22. The number of aliphatic carboxylic acids is 1. The molecule has 2 aromatic rings. The van der Waals surface area contributed by atoms with Crippen LogP contribution in [0.4, 0.5) is 4.79 Å². The van der Waals surface area contributed by atoms with Crippen molar-refractivity contribution in [3.05, 3.63) is 59.7 Å². The average molecular weight is 497 g/mol. The van der Waals surface area contributed by atoms with Crippen LogP contribution < -0.4 is 10.6 Å². The van der Waals surface area contributed by atoms with E-state index in [9.17, 15) is 14.4 Å². The summed E-state index contributed by atoms with van der Waals surface area (Å²) in [5, 5.41) is 14.7. The third-order valence-electron chi connectivity index (χ3n) is 6.87. The molecular weight excluding hydrogens is 464 g/mol. The standard InChI is InChI=1S/C27H32N2O5S/c1-17(18-7-6-14-35-16-18)28-26(32)24(12-13-25(30)31)29-27(33)34-15-23-21-10-4-2-8-19(21)20-9-3-5-11-22(20)23/h2-5,8-11,17-18,23-24H,6-7,12-16H2,1H3,(H,28,32)(H,29,33)(H,30,31). The number of carbonyl (C=O) groups excluding carboxylic acids is 2. The molecule has 1 aliphatic carbocycles. The minimum Gasteiger partial charge on any atom is -0.481 e. The zero-order valence-corrected chi connectivity index (χ0v) is 20.7. The molecule has 2 amide bonds. The molecule has 2 aliphatic rings. The van der Waals surface area contributed by atoms with Gasteiger partial charge in [-0.2, -0.15) is 11.8 Å². The highest BCUT2D eigenvalue weighted by atomic mass is 32.2. The third kappa shape index (κ3) is 6.17. The Bertz CT molecular complexity index is 1020. The number of hydrogen-bond donors (Lipinski definition) is 3. The van der Waals surface area contributed by atoms with Crippen molar-refractivity contribution in [1.29, 1.82) is 0 Å². The minimum absolute atomic E-state index is 0.00248. The van der Waals surface area contributed by atoms with E-state index in [1.54, 1.807) is 0 Å². The van der Waals surface area contributed by atoms with Gasteiger partial charge in [-0.3, -0.25) is 9.59 Å². The zero-order valence-electron chi connectivity index (χ0n) is 19.9. The van der Waals surface area contributed by atoms with Crippen LogP contribution in [0.2, 0.25) is 0 Å². The van der Waals surface area contributed by atoms with Gasteiger partial charge in [0.25, 0.3) is 0 Å². The van der Waals surface area contributed by atoms with Gasteiger partial charge in [0, 0.05) is 18.4 Å². The highest BCUT2D eigenvalue weighted by molar-refractivity contribution is 7.99. The van der Waals surface area contributed by atoms with Gasteiger partial charge in [-0.25, -0.2) is 4.79 Å². The van der Waals surface area contributed by atoms with Gasteiger partial charge in [0.15, 0.2) is 0 Å². The Morgan fingerprint density at radius 2 is 1.71 bits per heavy atom. The van der Waals surface area contributed by atoms with Gasteiger partial charge in [-0.15, -0.1) is 0 Å². The summed E-state index contributed by atoms with van der Waals surface area (Å²) in [7, 11) is 0. The van der Waals surface area contributed by atoms with Crippen LogP contribution in [-0.4, -0.2) is 53.3 Å². The maximum absolute atomic E-state index is 13.0. The van der Waals surface area contributed by atoms with E-state index in [-0.39, 0.29) is 37.3 Å². The number of benzene rings is 2. The van der Waals surface area contributed by atoms with Crippen LogP contribution in [0, 0.1) is 5.92 Å². The Hall–Kier alpha value is -3.00. The van der Waals surface area contributed by atoms with Crippen molar-refractivity contribution in [2.45, 2.75) is 50.6 Å². The van der Waals surface area contributed by atoms with Gasteiger partial charge in [-0.05, 0) is 65.9 Å². The largest absolute Gasteiger partial charge is 0.481 e. The summed E-state index contributed by atoms with van der Waals surface area (Å²) in [5.41, 5.74) is 4.46. The van der Waals surface area contributed by atoms with Crippen molar-refractivity contribution in [2.24, 2.45) is 5.92 Å². The lowest BCUT2D eigenvalue weighted by Gasteiger charge is -2.29. The SMILES string of the molecule is CC(NC(=O)C(CCC(=O)O)NC(=O)OCC1c2ccccc2-c2ccccc21)C1CCCSC1. The predicted molar refractivity (Wildman–Crippen MR) is 137 cm³/mol. The maximum atomic E-state index is 13.0. The highest BCUT2D eigenvalue weighted by Gasteiger charge is 2.31. The third-order valence-corrected chi connectivity index (χ3v) is 8.11. The number of alkyl carbamates (subject to hydrolysis) is 1. The van der Waals surface area contributed by atoms with E-state index in [2.05, 4.69) is 22.8 Å². The monoisotopic (exact) mass is 496 g/mol. The smallest absolute Gasteiger partial charge is 0.407 e. The molecule has 0 spiro atoms. The number of carboxylic acid groups (broad SMARTS) is 1. The molecule has 1 heterocycles. The first-order valence-corrected chi connectivity index (χ1v) is 13.3. The van der Waals surface area contributed by atoms with Crippen LogP contribution in [0.3, 0.4) is 0 Å². The quantitative estimate of drug-likeness (QED) is 0.475. The Kier molecular flexibility index (Phi) is 8.33. The molecule has 1 saturated heterocycles. The first-order valence-electron chi connectivity index (χ1n) is 12.2. The molecule has 8 heteroatoms. The van der Waals surface area contributed by atoms with E-state index in [1.165, 1.54) is 0 Å². The molecule has 3 atom stereocenters. The first-order chi connectivity index (χ1) is 16.9. The van der Waals surface area contributed by atoms with E-state index in [0.717, 1.165) is 46.6 Å². The van der Waals surface area contributed by atoms with Crippen LogP contribution >= 0.6 is 11.8 Å². The molecule has 3 unspecified atom stereocenters. The number of fused-ring (bicyclic) bond motifs is 3. The number of carboxylic acids is 1. The van der Waals surface area contributed by atoms with Crippen LogP contribution in [0.15, 0.2) is 48.5 Å². The zero-order chi connectivity index (χ0) is 24.8. The summed E-state index contributed by atoms with van der Waals surface area (Å²) in [5.74, 6) is 1.01. The number of thioether (sulfide) groups is 1. The van der Waals surface area contributed by atoms with Gasteiger partial charge in [-0.1, -0.05) is 48.5 Å². The number of carbonyl (C=O) groups is 3. The second-order valence-corrected chi connectivity index (χ2v) is 10.4. The number of nitrogens with one attached hydrogen (secondary N) is 2. The molecule has 0 saturated carbocycles. The van der Waals surface area contributed by atoms with Crippen LogP contribution in [0.25, 0.3) is 11.1 Å². The minimum atomic E-state index is -1.02. The van der Waals surface area contributed by atoms with Crippen LogP contribution in [0.5, 0.6) is 0 Å². The summed E-state index contributed by atoms with van der Waals surface area (Å²) < 4.78 is 5.57. The van der Waals surface area contributed by atoms with E-state index in [4.69, 9.17) is 9.84 Å². The number of amides is 2. The van der Waals surface area contributed by atoms with Crippen molar-refractivity contribution < 1.29 is 24.2 Å². The van der Waals surface area contributed by atoms with Gasteiger partial charge < -0.3 is 20.5 Å². The lowest BCUT2D eigenvalue weighted by atomic mass is 9.97. The second-order valence-electron chi connectivity index (χ2n) is 9.23. The molecule has 0 radical (unpaired) electrons. The summed E-state index contributed by atoms with van der Waals surface area (Å²) >= 11 is 1.88. The lowest BCUT2D eigenvalue weighted by Crippen LogP contribution is -2.51. The van der Waals surface area contributed by atoms with E-state index < -0.39 is 18.1 Å². The fraction of sp³-hybridized carbons (Fsp3) is 0.444. The van der Waals surface area contributed by atoms with Gasteiger partial charge in [0.1, 0.15) is 12.6 Å². The average Bonchev–Trinajstić information content (AvgIpc) is 3.19. The fourth-order valence-electron chi connectivity index (χ4n) is 4.92. The van der Waals surface area contributed by atoms with Gasteiger partial charge >= 0.3 is 12.1 Å². The molecule has 0 aromatic heterocycles. The van der Waals surface area contributed by atoms with Crippen LogP contribution in [0.1, 0.15) is 49.7 Å². The van der Waals surface area contributed by atoms with Crippen molar-refractivity contribution in [1.82, 2.24) is 10.6 Å². The second kappa shape index (κ2) is 11.6. The Labute approximate surface area is 210 Å². The number of ether oxygens (including phenoxy) is 1. The van der Waals surface area contributed by atoms with Crippen molar-refractivity contribution in [2.75, 3.05) is 18.1 Å². The number of hydrogen-bond acceptors (Lipinski definition) is 5. The Morgan fingerprint density at radius 3 is 2.31 bits per heavy atom. The molecule has 186 valence electrons. The van der Waals surface area contributed by atoms with Crippen LogP contribution in [-0.2, 0) is 14.3 Å². The van der Waals surface area contributed by atoms with Crippen molar-refractivity contribution in [3.63, 3.8) is 0 Å². The van der Waals surface area contributed by atoms with Crippen molar-refractivity contribution >= 4 is 29.7 Å². The highest BCUT2D eigenvalue weighted by Crippen LogP contribution is 2.44. The Morgan fingerprint density at radius 1 is 1.06 bits per heavy atom. The molecule has 3 N–H and O–H groups in total. The topological polar surface area (TPSA) is 105 Å². The predicted octanol–water partition coefficient (Wildman–Crippen LogP) is 4.41. The molecule has 0 bridgehead atoms. The Balaban J connectivity index is 1.38.